The first kappa shape index (κ1) is 12.1. The molecule has 0 radical (unpaired) electrons. The first-order valence-electron chi connectivity index (χ1n) is 6.04. The van der Waals surface area contributed by atoms with Crippen LogP contribution in [-0.2, 0) is 9.59 Å². The Kier molecular flexibility index (Phi) is 2.92. The van der Waals surface area contributed by atoms with Gasteiger partial charge in [0.15, 0.2) is 0 Å². The fraction of sp³-hybridized carbons (Fsp3) is 0.750. The molecule has 1 saturated heterocycles. The van der Waals surface area contributed by atoms with Crippen molar-refractivity contribution in [3.63, 3.8) is 0 Å². The van der Waals surface area contributed by atoms with Crippen LogP contribution in [0.2, 0.25) is 0 Å². The third-order valence-electron chi connectivity index (χ3n) is 3.61. The number of piperidine rings is 1. The number of fused-ring (bicyclic) bond motifs is 1. The summed E-state index contributed by atoms with van der Waals surface area (Å²) in [6.07, 6.45) is 1.21. The highest BCUT2D eigenvalue weighted by Crippen LogP contribution is 2.47. The van der Waals surface area contributed by atoms with Crippen molar-refractivity contribution in [3.05, 3.63) is 0 Å². The topological polar surface area (TPSA) is 73.2 Å². The lowest BCUT2D eigenvalue weighted by Gasteiger charge is -2.25. The van der Waals surface area contributed by atoms with E-state index in [4.69, 9.17) is 5.26 Å². The molecule has 2 fully saturated rings. The van der Waals surface area contributed by atoms with E-state index >= 15 is 0 Å². The molecule has 5 nitrogen and oxygen atoms in total. The van der Waals surface area contributed by atoms with Gasteiger partial charge >= 0.3 is 0 Å². The van der Waals surface area contributed by atoms with E-state index in [1.165, 1.54) is 4.90 Å². The van der Waals surface area contributed by atoms with E-state index < -0.39 is 5.54 Å². The van der Waals surface area contributed by atoms with Crippen LogP contribution < -0.4 is 5.32 Å². The van der Waals surface area contributed by atoms with Crippen molar-refractivity contribution in [1.82, 2.24) is 10.2 Å². The van der Waals surface area contributed by atoms with Gasteiger partial charge in [-0.2, -0.15) is 5.26 Å². The van der Waals surface area contributed by atoms with Gasteiger partial charge in [-0.25, -0.2) is 0 Å². The van der Waals surface area contributed by atoms with E-state index in [0.29, 0.717) is 19.5 Å². The molecule has 0 aromatic rings. The highest BCUT2D eigenvalue weighted by Gasteiger charge is 2.58. The quantitative estimate of drug-likeness (QED) is 0.694. The summed E-state index contributed by atoms with van der Waals surface area (Å²) in [7, 11) is 0. The zero-order chi connectivity index (χ0) is 12.6. The molecule has 5 heteroatoms. The Labute approximate surface area is 101 Å². The van der Waals surface area contributed by atoms with Gasteiger partial charge in [0.05, 0.1) is 17.9 Å². The second-order valence-corrected chi connectivity index (χ2v) is 5.00. The predicted molar refractivity (Wildman–Crippen MR) is 60.6 cm³/mol. The van der Waals surface area contributed by atoms with Crippen LogP contribution in [0.4, 0.5) is 0 Å². The third kappa shape index (κ3) is 2.05. The number of nitrogens with one attached hydrogen (secondary N) is 1. The van der Waals surface area contributed by atoms with Gasteiger partial charge in [0.1, 0.15) is 5.54 Å². The van der Waals surface area contributed by atoms with Crippen molar-refractivity contribution < 1.29 is 9.59 Å². The van der Waals surface area contributed by atoms with Crippen molar-refractivity contribution in [3.8, 4) is 6.07 Å². The van der Waals surface area contributed by atoms with Gasteiger partial charge in [-0.15, -0.1) is 0 Å². The van der Waals surface area contributed by atoms with Gasteiger partial charge < -0.3 is 0 Å². The van der Waals surface area contributed by atoms with Gasteiger partial charge in [0.25, 0.3) is 0 Å². The molecule has 1 heterocycles. The van der Waals surface area contributed by atoms with E-state index in [2.05, 4.69) is 11.4 Å². The highest BCUT2D eigenvalue weighted by molar-refractivity contribution is 6.08. The van der Waals surface area contributed by atoms with Crippen molar-refractivity contribution in [2.45, 2.75) is 32.2 Å². The summed E-state index contributed by atoms with van der Waals surface area (Å²) in [5.41, 5.74) is -0.665. The highest BCUT2D eigenvalue weighted by atomic mass is 16.2. The maximum atomic E-state index is 11.7. The zero-order valence-corrected chi connectivity index (χ0v) is 10.2. The molecule has 17 heavy (non-hydrogen) atoms. The molecular formula is C12H17N3O2. The minimum atomic E-state index is -0.665. The molecule has 2 rings (SSSR count). The Bertz CT molecular complexity index is 381. The molecule has 0 spiro atoms. The van der Waals surface area contributed by atoms with Gasteiger partial charge in [0.2, 0.25) is 11.8 Å². The van der Waals surface area contributed by atoms with Gasteiger partial charge in [-0.3, -0.25) is 19.8 Å². The Morgan fingerprint density at radius 1 is 1.47 bits per heavy atom. The van der Waals surface area contributed by atoms with Crippen LogP contribution >= 0.6 is 0 Å². The third-order valence-corrected chi connectivity index (χ3v) is 3.61. The number of hydrogen-bond acceptors (Lipinski definition) is 4. The van der Waals surface area contributed by atoms with Gasteiger partial charge in [-0.05, 0) is 26.3 Å². The van der Waals surface area contributed by atoms with Crippen molar-refractivity contribution >= 4 is 11.8 Å². The Morgan fingerprint density at radius 2 is 2.06 bits per heavy atom. The van der Waals surface area contributed by atoms with E-state index in [1.807, 2.05) is 6.92 Å². The zero-order valence-electron chi connectivity index (χ0n) is 10.2. The molecule has 1 aliphatic heterocycles. The fourth-order valence-electron chi connectivity index (χ4n) is 2.38. The number of nitrogens with zero attached hydrogens (tertiary/aromatic N) is 2. The summed E-state index contributed by atoms with van der Waals surface area (Å²) in [6.45, 7) is 4.76. The van der Waals surface area contributed by atoms with Crippen LogP contribution in [0.25, 0.3) is 0 Å². The number of likely N-dealkylation sites (tertiary alicyclic amines) is 1. The van der Waals surface area contributed by atoms with E-state index in [0.717, 1.165) is 6.42 Å². The van der Waals surface area contributed by atoms with E-state index in [-0.39, 0.29) is 23.7 Å². The Morgan fingerprint density at radius 3 is 2.53 bits per heavy atom. The Balaban J connectivity index is 1.92. The summed E-state index contributed by atoms with van der Waals surface area (Å²) < 4.78 is 0. The molecule has 2 aliphatic rings. The van der Waals surface area contributed by atoms with Crippen LogP contribution in [0.15, 0.2) is 0 Å². The lowest BCUT2D eigenvalue weighted by molar-refractivity contribution is -0.141. The predicted octanol–water partition coefficient (Wildman–Crippen LogP) is 0.273. The molecule has 92 valence electrons. The molecule has 3 atom stereocenters. The molecule has 2 amide bonds. The van der Waals surface area contributed by atoms with Crippen LogP contribution in [0.1, 0.15) is 26.7 Å². The number of carbonyl (C=O) groups is 2. The lowest BCUT2D eigenvalue weighted by atomic mass is 9.99. The van der Waals surface area contributed by atoms with Crippen molar-refractivity contribution in [1.29, 1.82) is 5.26 Å². The fourth-order valence-corrected chi connectivity index (χ4v) is 2.38. The molecule has 1 N–H and O–H groups in total. The second kappa shape index (κ2) is 4.11. The summed E-state index contributed by atoms with van der Waals surface area (Å²) in [6, 6.07) is 2.20. The number of nitriles is 1. The van der Waals surface area contributed by atoms with Crippen molar-refractivity contribution in [2.75, 3.05) is 13.1 Å². The summed E-state index contributed by atoms with van der Waals surface area (Å²) in [5, 5.41) is 12.2. The number of amides is 2. The minimum absolute atomic E-state index is 0.0446. The van der Waals surface area contributed by atoms with E-state index in [1.54, 1.807) is 6.92 Å². The Hall–Kier alpha value is -1.41. The molecule has 3 unspecified atom stereocenters. The van der Waals surface area contributed by atoms with Gasteiger partial charge in [0, 0.05) is 6.54 Å². The smallest absolute Gasteiger partial charge is 0.233 e. The summed E-state index contributed by atoms with van der Waals surface area (Å²) >= 11 is 0. The van der Waals surface area contributed by atoms with Crippen LogP contribution in [-0.4, -0.2) is 35.3 Å². The molecule has 1 saturated carbocycles. The maximum absolute atomic E-state index is 11.7. The normalized spacial score (nSPS) is 29.8. The van der Waals surface area contributed by atoms with Crippen LogP contribution in [0, 0.1) is 23.2 Å². The van der Waals surface area contributed by atoms with E-state index in [9.17, 15) is 9.59 Å². The number of imide groups is 1. The number of carbonyl (C=O) groups excluding carboxylic acids is 2. The summed E-state index contributed by atoms with van der Waals surface area (Å²) in [5.74, 6) is -0.182. The van der Waals surface area contributed by atoms with Gasteiger partial charge in [-0.1, -0.05) is 6.92 Å². The summed E-state index contributed by atoms with van der Waals surface area (Å²) in [4.78, 5) is 24.8. The molecular weight excluding hydrogens is 218 g/mol. The maximum Gasteiger partial charge on any atom is 0.233 e. The number of rotatable bonds is 5. The molecule has 1 aliphatic carbocycles. The molecule has 0 bridgehead atoms. The average molecular weight is 235 g/mol. The largest absolute Gasteiger partial charge is 0.300 e. The van der Waals surface area contributed by atoms with Crippen molar-refractivity contribution in [2.24, 2.45) is 11.8 Å². The SMILES string of the molecule is CCNC(C)(C#N)CCN1C(=O)C2CC2C1=O. The standard InChI is InChI=1S/C12H17N3O2/c1-3-14-12(2,7-13)4-5-15-10(16)8-6-9(8)11(15)17/h8-9,14H,3-6H2,1-2H3. The second-order valence-electron chi connectivity index (χ2n) is 5.00. The molecule has 0 aromatic carbocycles. The van der Waals surface area contributed by atoms with Crippen LogP contribution in [0.3, 0.4) is 0 Å². The van der Waals surface area contributed by atoms with Crippen LogP contribution in [0.5, 0.6) is 0 Å². The number of hydrogen-bond donors (Lipinski definition) is 1. The first-order valence-corrected chi connectivity index (χ1v) is 6.04. The monoisotopic (exact) mass is 235 g/mol. The lowest BCUT2D eigenvalue weighted by Crippen LogP contribution is -2.45. The minimum Gasteiger partial charge on any atom is -0.300 e. The average Bonchev–Trinajstić information content (AvgIpc) is 3.04. The first-order chi connectivity index (χ1) is 8.02. The molecule has 0 aromatic heterocycles.